The van der Waals surface area contributed by atoms with Crippen LogP contribution in [0.5, 0.6) is 5.75 Å². The van der Waals surface area contributed by atoms with Gasteiger partial charge in [0.1, 0.15) is 18.3 Å². The zero-order chi connectivity index (χ0) is 21.8. The number of nitrogens with one attached hydrogen (secondary N) is 1. The lowest BCUT2D eigenvalue weighted by molar-refractivity contribution is -0.134. The monoisotopic (exact) mass is 411 g/mol. The van der Waals surface area contributed by atoms with Crippen molar-refractivity contribution in [2.45, 2.75) is 45.3 Å². The minimum Gasteiger partial charge on any atom is -0.489 e. The van der Waals surface area contributed by atoms with Crippen molar-refractivity contribution in [3.05, 3.63) is 72.1 Å². The lowest BCUT2D eigenvalue weighted by Crippen LogP contribution is -2.41. The molecule has 6 nitrogen and oxygen atoms in total. The number of primary amides is 1. The first-order chi connectivity index (χ1) is 14.5. The van der Waals surface area contributed by atoms with Gasteiger partial charge in [0.2, 0.25) is 11.8 Å². The lowest BCUT2D eigenvalue weighted by atomic mass is 9.95. The number of ether oxygens (including phenoxy) is 1. The molecule has 0 aromatic heterocycles. The van der Waals surface area contributed by atoms with Crippen LogP contribution in [-0.2, 0) is 22.6 Å². The fourth-order valence-corrected chi connectivity index (χ4v) is 2.98. The summed E-state index contributed by atoms with van der Waals surface area (Å²) in [5, 5.41) is 13.0. The standard InChI is InChI=1S/C24H31N2O4/c1-2-3-14-26-24(29)22(23(25)28)16-20(27)13-12-18-10-7-11-21(15-18)30-17-19-8-5-4-6-9-19/h4-11,13,15,20,22,27H,2-3,12,14,16-17H2,1H3,(H2,25,28)(H,26,29)/t20-,22+/m0/s1. The van der Waals surface area contributed by atoms with E-state index in [2.05, 4.69) is 5.32 Å². The zero-order valence-electron chi connectivity index (χ0n) is 17.4. The van der Waals surface area contributed by atoms with Gasteiger partial charge >= 0.3 is 0 Å². The van der Waals surface area contributed by atoms with Crippen molar-refractivity contribution in [3.63, 3.8) is 0 Å². The van der Waals surface area contributed by atoms with Gasteiger partial charge in [-0.3, -0.25) is 9.59 Å². The van der Waals surface area contributed by atoms with E-state index >= 15 is 0 Å². The van der Waals surface area contributed by atoms with Crippen LogP contribution < -0.4 is 15.8 Å². The van der Waals surface area contributed by atoms with Crippen LogP contribution in [0.2, 0.25) is 0 Å². The Hall–Kier alpha value is -2.86. The Balaban J connectivity index is 1.83. The molecule has 161 valence electrons. The number of aliphatic hydroxyl groups excluding tert-OH is 1. The first-order valence-corrected chi connectivity index (χ1v) is 10.3. The average molecular weight is 412 g/mol. The molecule has 2 aromatic rings. The summed E-state index contributed by atoms with van der Waals surface area (Å²) in [7, 11) is 0. The quantitative estimate of drug-likeness (QED) is 0.348. The predicted octanol–water partition coefficient (Wildman–Crippen LogP) is 2.78. The number of hydrogen-bond acceptors (Lipinski definition) is 4. The molecule has 2 atom stereocenters. The maximum absolute atomic E-state index is 12.1. The predicted molar refractivity (Wildman–Crippen MR) is 116 cm³/mol. The molecule has 0 saturated heterocycles. The average Bonchev–Trinajstić information content (AvgIpc) is 2.75. The number of hydrogen-bond donors (Lipinski definition) is 3. The van der Waals surface area contributed by atoms with Gasteiger partial charge in [-0.15, -0.1) is 0 Å². The van der Waals surface area contributed by atoms with Crippen LogP contribution >= 0.6 is 0 Å². The third-order valence-electron chi connectivity index (χ3n) is 4.74. The summed E-state index contributed by atoms with van der Waals surface area (Å²) in [6.45, 7) is 2.98. The van der Waals surface area contributed by atoms with Crippen LogP contribution in [0, 0.1) is 12.3 Å². The van der Waals surface area contributed by atoms with Crippen molar-refractivity contribution in [3.8, 4) is 5.75 Å². The first-order valence-electron chi connectivity index (χ1n) is 10.3. The second-order valence-electron chi connectivity index (χ2n) is 7.26. The highest BCUT2D eigenvalue weighted by Gasteiger charge is 2.27. The molecule has 0 aliphatic heterocycles. The van der Waals surface area contributed by atoms with E-state index in [0.717, 1.165) is 29.7 Å². The Kier molecular flexibility index (Phi) is 9.87. The molecule has 6 heteroatoms. The highest BCUT2D eigenvalue weighted by atomic mass is 16.5. The van der Waals surface area contributed by atoms with Crippen LogP contribution in [0.3, 0.4) is 0 Å². The topological polar surface area (TPSA) is 102 Å². The minimum absolute atomic E-state index is 0.0303. The molecule has 2 rings (SSSR count). The summed E-state index contributed by atoms with van der Waals surface area (Å²) in [5.74, 6) is -1.47. The van der Waals surface area contributed by atoms with E-state index < -0.39 is 23.8 Å². The first kappa shape index (κ1) is 23.4. The Morgan fingerprint density at radius 3 is 2.57 bits per heavy atom. The fourth-order valence-electron chi connectivity index (χ4n) is 2.98. The maximum atomic E-state index is 12.1. The van der Waals surface area contributed by atoms with Crippen LogP contribution in [0.15, 0.2) is 54.6 Å². The number of amides is 2. The van der Waals surface area contributed by atoms with Crippen molar-refractivity contribution < 1.29 is 19.4 Å². The summed E-state index contributed by atoms with van der Waals surface area (Å²) >= 11 is 0. The number of rotatable bonds is 13. The molecule has 0 bridgehead atoms. The molecule has 1 radical (unpaired) electrons. The van der Waals surface area contributed by atoms with Crippen molar-refractivity contribution in [2.75, 3.05) is 6.54 Å². The van der Waals surface area contributed by atoms with Crippen molar-refractivity contribution in [1.82, 2.24) is 5.32 Å². The largest absolute Gasteiger partial charge is 0.489 e. The number of carbonyl (C=O) groups excluding carboxylic acids is 2. The van der Waals surface area contributed by atoms with Crippen molar-refractivity contribution in [2.24, 2.45) is 11.7 Å². The van der Waals surface area contributed by atoms with Crippen LogP contribution in [0.25, 0.3) is 0 Å². The molecule has 0 aliphatic carbocycles. The van der Waals surface area contributed by atoms with E-state index in [-0.39, 0.29) is 6.42 Å². The summed E-state index contributed by atoms with van der Waals surface area (Å²) in [6, 6.07) is 17.5. The molecule has 0 aliphatic rings. The molecule has 0 spiro atoms. The van der Waals surface area contributed by atoms with Gasteiger partial charge in [0.05, 0.1) is 6.10 Å². The SMILES string of the molecule is CCCCNC(=O)[C@H](C[C@@H](O)[CH]Cc1cccc(OCc2ccccc2)c1)C(N)=O. The molecule has 4 N–H and O–H groups in total. The number of unbranched alkanes of at least 4 members (excludes halogenated alkanes) is 1. The summed E-state index contributed by atoms with van der Waals surface area (Å²) < 4.78 is 5.82. The number of aliphatic hydroxyl groups is 1. The molecule has 2 aromatic carbocycles. The molecule has 0 heterocycles. The molecule has 30 heavy (non-hydrogen) atoms. The van der Waals surface area contributed by atoms with E-state index in [0.29, 0.717) is 19.6 Å². The Morgan fingerprint density at radius 1 is 1.13 bits per heavy atom. The van der Waals surface area contributed by atoms with Gasteiger partial charge in [-0.25, -0.2) is 0 Å². The number of carbonyl (C=O) groups is 2. The van der Waals surface area contributed by atoms with E-state index in [1.807, 2.05) is 61.5 Å². The third kappa shape index (κ3) is 8.25. The van der Waals surface area contributed by atoms with Crippen molar-refractivity contribution in [1.29, 1.82) is 0 Å². The number of benzene rings is 2. The van der Waals surface area contributed by atoms with Crippen LogP contribution in [-0.4, -0.2) is 29.6 Å². The smallest absolute Gasteiger partial charge is 0.232 e. The Labute approximate surface area is 178 Å². The highest BCUT2D eigenvalue weighted by molar-refractivity contribution is 5.99. The van der Waals surface area contributed by atoms with E-state index in [1.54, 1.807) is 6.42 Å². The maximum Gasteiger partial charge on any atom is 0.232 e. The van der Waals surface area contributed by atoms with Gasteiger partial charge in [-0.05, 0) is 48.9 Å². The van der Waals surface area contributed by atoms with Gasteiger partial charge in [-0.1, -0.05) is 55.8 Å². The summed E-state index contributed by atoms with van der Waals surface area (Å²) in [5.41, 5.74) is 7.40. The van der Waals surface area contributed by atoms with E-state index in [1.165, 1.54) is 0 Å². The Bertz CT molecular complexity index is 795. The molecular formula is C24H31N2O4. The van der Waals surface area contributed by atoms with Gasteiger partial charge in [-0.2, -0.15) is 0 Å². The van der Waals surface area contributed by atoms with Gasteiger partial charge < -0.3 is 20.9 Å². The Morgan fingerprint density at radius 2 is 1.87 bits per heavy atom. The van der Waals surface area contributed by atoms with E-state index in [4.69, 9.17) is 10.5 Å². The summed E-state index contributed by atoms with van der Waals surface area (Å²) in [6.07, 6.45) is 2.96. The second kappa shape index (κ2) is 12.6. The van der Waals surface area contributed by atoms with Crippen molar-refractivity contribution >= 4 is 11.8 Å². The zero-order valence-corrected chi connectivity index (χ0v) is 17.4. The van der Waals surface area contributed by atoms with Crippen LogP contribution in [0.1, 0.15) is 37.3 Å². The molecule has 0 fully saturated rings. The molecule has 2 amide bonds. The minimum atomic E-state index is -1.05. The fraction of sp³-hybridized carbons (Fsp3) is 0.375. The molecule has 0 unspecified atom stereocenters. The van der Waals surface area contributed by atoms with Gasteiger partial charge in [0.15, 0.2) is 0 Å². The second-order valence-corrected chi connectivity index (χ2v) is 7.26. The van der Waals surface area contributed by atoms with Gasteiger partial charge in [0, 0.05) is 6.54 Å². The lowest BCUT2D eigenvalue weighted by Gasteiger charge is -2.17. The molecular weight excluding hydrogens is 380 g/mol. The molecule has 0 saturated carbocycles. The normalized spacial score (nSPS) is 12.7. The highest BCUT2D eigenvalue weighted by Crippen LogP contribution is 2.18. The third-order valence-corrected chi connectivity index (χ3v) is 4.74. The summed E-state index contributed by atoms with van der Waals surface area (Å²) in [4.78, 5) is 23.8. The van der Waals surface area contributed by atoms with Gasteiger partial charge in [0.25, 0.3) is 0 Å². The number of nitrogens with two attached hydrogens (primary N) is 1. The van der Waals surface area contributed by atoms with E-state index in [9.17, 15) is 14.7 Å². The van der Waals surface area contributed by atoms with Crippen LogP contribution in [0.4, 0.5) is 0 Å².